The first-order valence-electron chi connectivity index (χ1n) is 10.7. The number of carbonyl (C=O) groups excluding carboxylic acids is 1. The first-order chi connectivity index (χ1) is 16.2. The van der Waals surface area contributed by atoms with Gasteiger partial charge in [-0.05, 0) is 76.5 Å². The molecular formula is C31H20O2. The topological polar surface area (TPSA) is 26.3 Å². The fraction of sp³-hybridized carbons (Fsp3) is 0. The average Bonchev–Trinajstić information content (AvgIpc) is 2.88. The zero-order chi connectivity index (χ0) is 22.5. The zero-order valence-electron chi connectivity index (χ0n) is 17.9. The van der Waals surface area contributed by atoms with E-state index in [1.165, 1.54) is 16.3 Å². The predicted molar refractivity (Wildman–Crippen MR) is 133 cm³/mol. The molecule has 0 unspecified atom stereocenters. The maximum Gasteiger partial charge on any atom is 0.343 e. The van der Waals surface area contributed by atoms with Gasteiger partial charge in [0.05, 0.1) is 5.56 Å². The molecule has 0 fully saturated rings. The van der Waals surface area contributed by atoms with Crippen LogP contribution in [0.15, 0.2) is 121 Å². The minimum Gasteiger partial charge on any atom is -0.423 e. The summed E-state index contributed by atoms with van der Waals surface area (Å²) < 4.78 is 5.37. The van der Waals surface area contributed by atoms with Gasteiger partial charge in [0.25, 0.3) is 0 Å². The number of fused-ring (bicyclic) bond motifs is 1. The number of carbonyl (C=O) groups is 1. The summed E-state index contributed by atoms with van der Waals surface area (Å²) in [7, 11) is 0. The first kappa shape index (κ1) is 20.3. The first-order valence-corrected chi connectivity index (χ1v) is 10.7. The molecule has 5 rings (SSSR count). The summed E-state index contributed by atoms with van der Waals surface area (Å²) in [5.41, 5.74) is 4.61. The molecule has 0 aromatic heterocycles. The van der Waals surface area contributed by atoms with Crippen LogP contribution in [-0.2, 0) is 0 Å². The van der Waals surface area contributed by atoms with Crippen molar-refractivity contribution in [3.05, 3.63) is 138 Å². The van der Waals surface area contributed by atoms with E-state index in [0.717, 1.165) is 16.7 Å². The third-order valence-corrected chi connectivity index (χ3v) is 5.39. The highest BCUT2D eigenvalue weighted by Gasteiger charge is 2.07. The van der Waals surface area contributed by atoms with Crippen LogP contribution in [0.25, 0.3) is 21.9 Å². The van der Waals surface area contributed by atoms with Gasteiger partial charge < -0.3 is 4.74 Å². The number of hydrogen-bond acceptors (Lipinski definition) is 2. The lowest BCUT2D eigenvalue weighted by Gasteiger charge is -2.04. The molecule has 0 heterocycles. The molecule has 5 aromatic rings. The summed E-state index contributed by atoms with van der Waals surface area (Å²) in [6.45, 7) is 0. The fourth-order valence-electron chi connectivity index (χ4n) is 3.60. The third-order valence-electron chi connectivity index (χ3n) is 5.39. The molecule has 0 bridgehead atoms. The second-order valence-electron chi connectivity index (χ2n) is 7.67. The average molecular weight is 424 g/mol. The van der Waals surface area contributed by atoms with Gasteiger partial charge in [-0.15, -0.1) is 0 Å². The van der Waals surface area contributed by atoms with Crippen molar-refractivity contribution in [1.29, 1.82) is 0 Å². The van der Waals surface area contributed by atoms with Crippen molar-refractivity contribution in [3.63, 3.8) is 0 Å². The number of hydrogen-bond donors (Lipinski definition) is 0. The monoisotopic (exact) mass is 424 g/mol. The molecule has 0 spiro atoms. The van der Waals surface area contributed by atoms with E-state index in [4.69, 9.17) is 4.74 Å². The lowest BCUT2D eigenvalue weighted by Crippen LogP contribution is -2.08. The standard InChI is InChI=1S/C31H20O2/c32-31(33-30-8-2-1-3-9-30)27-18-14-24(15-19-27)11-10-23-12-16-26(17-13-23)29-21-20-25-6-4-5-7-28(25)22-29/h1-9,12-22H. The molecule has 33 heavy (non-hydrogen) atoms. The Morgan fingerprint density at radius 2 is 1.12 bits per heavy atom. The summed E-state index contributed by atoms with van der Waals surface area (Å²) in [6.07, 6.45) is 0. The summed E-state index contributed by atoms with van der Waals surface area (Å²) in [5.74, 6) is 6.49. The summed E-state index contributed by atoms with van der Waals surface area (Å²) in [5, 5.41) is 2.47. The van der Waals surface area contributed by atoms with E-state index in [1.807, 2.05) is 42.5 Å². The number of rotatable bonds is 3. The lowest BCUT2D eigenvalue weighted by molar-refractivity contribution is 0.0735. The molecule has 0 aliphatic rings. The molecule has 0 saturated heterocycles. The van der Waals surface area contributed by atoms with Crippen molar-refractivity contribution < 1.29 is 9.53 Å². The van der Waals surface area contributed by atoms with E-state index in [2.05, 4.69) is 66.4 Å². The lowest BCUT2D eigenvalue weighted by atomic mass is 10.0. The smallest absolute Gasteiger partial charge is 0.343 e. The van der Waals surface area contributed by atoms with Crippen molar-refractivity contribution in [2.75, 3.05) is 0 Å². The highest BCUT2D eigenvalue weighted by molar-refractivity contribution is 5.91. The molecule has 0 aliphatic heterocycles. The molecule has 0 radical (unpaired) electrons. The van der Waals surface area contributed by atoms with Gasteiger partial charge in [-0.3, -0.25) is 0 Å². The third kappa shape index (κ3) is 4.84. The van der Waals surface area contributed by atoms with Gasteiger partial charge in [-0.1, -0.05) is 78.6 Å². The van der Waals surface area contributed by atoms with Crippen molar-refractivity contribution in [1.82, 2.24) is 0 Å². The fourth-order valence-corrected chi connectivity index (χ4v) is 3.60. The molecule has 0 amide bonds. The van der Waals surface area contributed by atoms with Gasteiger partial charge in [0.1, 0.15) is 5.75 Å². The number of esters is 1. The Balaban J connectivity index is 1.27. The molecule has 0 atom stereocenters. The van der Waals surface area contributed by atoms with Crippen molar-refractivity contribution in [2.45, 2.75) is 0 Å². The Morgan fingerprint density at radius 3 is 1.82 bits per heavy atom. The van der Waals surface area contributed by atoms with Crippen LogP contribution in [-0.4, -0.2) is 5.97 Å². The van der Waals surface area contributed by atoms with E-state index in [9.17, 15) is 4.79 Å². The quantitative estimate of drug-likeness (QED) is 0.175. The molecule has 0 aliphatic carbocycles. The van der Waals surface area contributed by atoms with Gasteiger partial charge in [-0.25, -0.2) is 4.79 Å². The largest absolute Gasteiger partial charge is 0.423 e. The van der Waals surface area contributed by atoms with Crippen LogP contribution in [0.4, 0.5) is 0 Å². The number of ether oxygens (including phenoxy) is 1. The van der Waals surface area contributed by atoms with E-state index >= 15 is 0 Å². The van der Waals surface area contributed by atoms with Crippen LogP contribution >= 0.6 is 0 Å². The highest BCUT2D eigenvalue weighted by Crippen LogP contribution is 2.24. The van der Waals surface area contributed by atoms with Gasteiger partial charge in [-0.2, -0.15) is 0 Å². The van der Waals surface area contributed by atoms with Gasteiger partial charge in [0, 0.05) is 11.1 Å². The van der Waals surface area contributed by atoms with E-state index in [0.29, 0.717) is 11.3 Å². The molecule has 0 N–H and O–H groups in total. The normalized spacial score (nSPS) is 10.3. The molecule has 156 valence electrons. The Kier molecular flexibility index (Phi) is 5.70. The maximum absolute atomic E-state index is 12.3. The summed E-state index contributed by atoms with van der Waals surface area (Å²) in [6, 6.07) is 39.3. The second-order valence-corrected chi connectivity index (χ2v) is 7.67. The Bertz CT molecular complexity index is 1470. The summed E-state index contributed by atoms with van der Waals surface area (Å²) >= 11 is 0. The van der Waals surface area contributed by atoms with E-state index in [1.54, 1.807) is 24.3 Å². The zero-order valence-corrected chi connectivity index (χ0v) is 17.9. The van der Waals surface area contributed by atoms with Crippen molar-refractivity contribution in [2.24, 2.45) is 0 Å². The minimum atomic E-state index is -0.384. The summed E-state index contributed by atoms with van der Waals surface area (Å²) in [4.78, 5) is 12.3. The second kappa shape index (κ2) is 9.26. The minimum absolute atomic E-state index is 0.384. The van der Waals surface area contributed by atoms with Gasteiger partial charge >= 0.3 is 5.97 Å². The van der Waals surface area contributed by atoms with Crippen molar-refractivity contribution in [3.8, 4) is 28.7 Å². The SMILES string of the molecule is O=C(Oc1ccccc1)c1ccc(C#Cc2ccc(-c3ccc4ccccc4c3)cc2)cc1. The van der Waals surface area contributed by atoms with Crippen LogP contribution < -0.4 is 4.74 Å². The van der Waals surface area contributed by atoms with Gasteiger partial charge in [0.2, 0.25) is 0 Å². The Morgan fingerprint density at radius 1 is 0.545 bits per heavy atom. The van der Waals surface area contributed by atoms with Gasteiger partial charge in [0.15, 0.2) is 0 Å². The van der Waals surface area contributed by atoms with Crippen LogP contribution in [0.2, 0.25) is 0 Å². The van der Waals surface area contributed by atoms with Crippen LogP contribution in [0.5, 0.6) is 5.75 Å². The van der Waals surface area contributed by atoms with Crippen LogP contribution in [0, 0.1) is 11.8 Å². The number of benzene rings is 5. The molecule has 5 aromatic carbocycles. The molecular weight excluding hydrogens is 404 g/mol. The maximum atomic E-state index is 12.3. The van der Waals surface area contributed by atoms with Crippen LogP contribution in [0.3, 0.4) is 0 Å². The molecule has 2 heteroatoms. The van der Waals surface area contributed by atoms with E-state index < -0.39 is 0 Å². The predicted octanol–water partition coefficient (Wildman–Crippen LogP) is 7.13. The molecule has 0 saturated carbocycles. The number of para-hydroxylation sites is 1. The van der Waals surface area contributed by atoms with Crippen molar-refractivity contribution >= 4 is 16.7 Å². The van der Waals surface area contributed by atoms with Crippen LogP contribution in [0.1, 0.15) is 21.5 Å². The molecule has 2 nitrogen and oxygen atoms in total. The van der Waals surface area contributed by atoms with E-state index in [-0.39, 0.29) is 5.97 Å². The highest BCUT2D eigenvalue weighted by atomic mass is 16.5. The Hall–Kier alpha value is -4.61. The Labute approximate surface area is 193 Å².